The van der Waals surface area contributed by atoms with Crippen molar-refractivity contribution >= 4 is 31.9 Å². The minimum atomic E-state index is 0.374. The second-order valence-electron chi connectivity index (χ2n) is 5.91. The number of likely N-dealkylation sites (tertiary alicyclic amines) is 1. The van der Waals surface area contributed by atoms with Gasteiger partial charge in [-0.2, -0.15) is 0 Å². The normalized spacial score (nSPS) is 19.2. The molecule has 2 nitrogen and oxygen atoms in total. The van der Waals surface area contributed by atoms with E-state index in [1.165, 1.54) is 42.5 Å². The third-order valence-electron chi connectivity index (χ3n) is 3.97. The summed E-state index contributed by atoms with van der Waals surface area (Å²) in [7, 11) is 0. The third kappa shape index (κ3) is 4.83. The highest BCUT2D eigenvalue weighted by Crippen LogP contribution is 2.26. The summed E-state index contributed by atoms with van der Waals surface area (Å²) in [6.07, 6.45) is 2.75. The average molecular weight is 404 g/mol. The lowest BCUT2D eigenvalue weighted by molar-refractivity contribution is 0.279. The Labute approximate surface area is 139 Å². The van der Waals surface area contributed by atoms with E-state index in [-0.39, 0.29) is 0 Å². The van der Waals surface area contributed by atoms with E-state index < -0.39 is 0 Å². The Balaban J connectivity index is 1.80. The van der Waals surface area contributed by atoms with Crippen LogP contribution in [0.1, 0.15) is 38.3 Å². The van der Waals surface area contributed by atoms with E-state index in [0.29, 0.717) is 12.0 Å². The molecule has 1 saturated heterocycles. The number of hydrogen-bond acceptors (Lipinski definition) is 2. The number of nitrogens with one attached hydrogen (secondary N) is 1. The SMILES string of the molecule is CC(CNC(C)c1ccc(Br)cc1Br)CN1CCCC1. The fraction of sp³-hybridized carbons (Fsp3) is 0.625. The van der Waals surface area contributed by atoms with Crippen molar-refractivity contribution in [2.24, 2.45) is 5.92 Å². The Morgan fingerprint density at radius 3 is 2.55 bits per heavy atom. The topological polar surface area (TPSA) is 15.3 Å². The van der Waals surface area contributed by atoms with Gasteiger partial charge < -0.3 is 10.2 Å². The molecule has 2 rings (SSSR count). The predicted molar refractivity (Wildman–Crippen MR) is 93.1 cm³/mol. The minimum absolute atomic E-state index is 0.374. The summed E-state index contributed by atoms with van der Waals surface area (Å²) in [6.45, 7) is 9.45. The predicted octanol–water partition coefficient (Wildman–Crippen LogP) is 4.59. The summed E-state index contributed by atoms with van der Waals surface area (Å²) in [5.41, 5.74) is 1.32. The molecule has 1 fully saturated rings. The molecule has 0 radical (unpaired) electrons. The molecule has 1 N–H and O–H groups in total. The first kappa shape index (κ1) is 16.5. The first-order valence-electron chi connectivity index (χ1n) is 7.47. The highest BCUT2D eigenvalue weighted by atomic mass is 79.9. The monoisotopic (exact) mass is 402 g/mol. The fourth-order valence-corrected chi connectivity index (χ4v) is 4.20. The van der Waals surface area contributed by atoms with E-state index >= 15 is 0 Å². The average Bonchev–Trinajstić information content (AvgIpc) is 2.89. The van der Waals surface area contributed by atoms with Crippen LogP contribution in [-0.2, 0) is 0 Å². The van der Waals surface area contributed by atoms with E-state index in [4.69, 9.17) is 0 Å². The summed E-state index contributed by atoms with van der Waals surface area (Å²) in [5.74, 6) is 0.699. The van der Waals surface area contributed by atoms with Gasteiger partial charge in [-0.25, -0.2) is 0 Å². The fourth-order valence-electron chi connectivity index (χ4n) is 2.81. The Kier molecular flexibility index (Phi) is 6.53. The highest BCUT2D eigenvalue weighted by Gasteiger charge is 2.16. The van der Waals surface area contributed by atoms with Crippen molar-refractivity contribution in [3.63, 3.8) is 0 Å². The summed E-state index contributed by atoms with van der Waals surface area (Å²) in [5, 5.41) is 3.66. The number of halogens is 2. The van der Waals surface area contributed by atoms with Crippen LogP contribution >= 0.6 is 31.9 Å². The third-order valence-corrected chi connectivity index (χ3v) is 5.15. The maximum absolute atomic E-state index is 3.66. The van der Waals surface area contributed by atoms with Crippen LogP contribution in [0.5, 0.6) is 0 Å². The molecule has 1 aliphatic rings. The molecule has 0 spiro atoms. The minimum Gasteiger partial charge on any atom is -0.310 e. The van der Waals surface area contributed by atoms with Crippen LogP contribution in [0.2, 0.25) is 0 Å². The van der Waals surface area contributed by atoms with Crippen LogP contribution < -0.4 is 5.32 Å². The molecule has 112 valence electrons. The van der Waals surface area contributed by atoms with E-state index in [1.54, 1.807) is 0 Å². The lowest BCUT2D eigenvalue weighted by atomic mass is 10.1. The molecule has 2 atom stereocenters. The highest BCUT2D eigenvalue weighted by molar-refractivity contribution is 9.11. The van der Waals surface area contributed by atoms with Crippen molar-refractivity contribution in [1.82, 2.24) is 10.2 Å². The molecular weight excluding hydrogens is 380 g/mol. The van der Waals surface area contributed by atoms with Gasteiger partial charge in [0.1, 0.15) is 0 Å². The van der Waals surface area contributed by atoms with Gasteiger partial charge in [-0.1, -0.05) is 44.8 Å². The number of benzene rings is 1. The Bertz CT molecular complexity index is 430. The van der Waals surface area contributed by atoms with Crippen molar-refractivity contribution in [3.05, 3.63) is 32.7 Å². The van der Waals surface area contributed by atoms with Gasteiger partial charge in [0.15, 0.2) is 0 Å². The molecule has 1 aromatic rings. The van der Waals surface area contributed by atoms with E-state index in [2.05, 4.69) is 74.1 Å². The quantitative estimate of drug-likeness (QED) is 0.746. The molecule has 0 aromatic heterocycles. The zero-order chi connectivity index (χ0) is 14.5. The maximum Gasteiger partial charge on any atom is 0.0303 e. The van der Waals surface area contributed by atoms with Crippen LogP contribution in [0.15, 0.2) is 27.1 Å². The first-order chi connectivity index (χ1) is 9.56. The molecule has 1 heterocycles. The summed E-state index contributed by atoms with van der Waals surface area (Å²) in [6, 6.07) is 6.77. The Hall–Kier alpha value is 0.1000. The van der Waals surface area contributed by atoms with E-state index in [0.717, 1.165) is 11.0 Å². The molecular formula is C16H24Br2N2. The van der Waals surface area contributed by atoms with Crippen molar-refractivity contribution < 1.29 is 0 Å². The van der Waals surface area contributed by atoms with Crippen LogP contribution in [-0.4, -0.2) is 31.1 Å². The summed E-state index contributed by atoms with van der Waals surface area (Å²) >= 11 is 7.15. The van der Waals surface area contributed by atoms with Gasteiger partial charge in [-0.3, -0.25) is 0 Å². The molecule has 0 saturated carbocycles. The zero-order valence-corrected chi connectivity index (χ0v) is 15.5. The van der Waals surface area contributed by atoms with E-state index in [9.17, 15) is 0 Å². The van der Waals surface area contributed by atoms with Gasteiger partial charge in [0, 0.05) is 21.5 Å². The molecule has 2 unspecified atom stereocenters. The van der Waals surface area contributed by atoms with Gasteiger partial charge in [-0.15, -0.1) is 0 Å². The van der Waals surface area contributed by atoms with Crippen molar-refractivity contribution in [1.29, 1.82) is 0 Å². The first-order valence-corrected chi connectivity index (χ1v) is 9.05. The van der Waals surface area contributed by atoms with Crippen molar-refractivity contribution in [2.75, 3.05) is 26.2 Å². The lowest BCUT2D eigenvalue weighted by Gasteiger charge is -2.23. The van der Waals surface area contributed by atoms with Crippen LogP contribution in [0, 0.1) is 5.92 Å². The van der Waals surface area contributed by atoms with Crippen molar-refractivity contribution in [2.45, 2.75) is 32.7 Å². The number of hydrogen-bond donors (Lipinski definition) is 1. The Morgan fingerprint density at radius 1 is 1.20 bits per heavy atom. The van der Waals surface area contributed by atoms with Crippen LogP contribution in [0.25, 0.3) is 0 Å². The molecule has 1 aliphatic heterocycles. The standard InChI is InChI=1S/C16H24Br2N2/c1-12(11-20-7-3-4-8-20)10-19-13(2)15-6-5-14(17)9-16(15)18/h5-6,9,12-13,19H,3-4,7-8,10-11H2,1-2H3. The molecule has 4 heteroatoms. The van der Waals surface area contributed by atoms with Crippen molar-refractivity contribution in [3.8, 4) is 0 Å². The molecule has 0 bridgehead atoms. The lowest BCUT2D eigenvalue weighted by Crippen LogP contribution is -2.32. The van der Waals surface area contributed by atoms with Gasteiger partial charge in [0.2, 0.25) is 0 Å². The van der Waals surface area contributed by atoms with Crippen LogP contribution in [0.3, 0.4) is 0 Å². The van der Waals surface area contributed by atoms with Gasteiger partial charge in [-0.05, 0) is 63.0 Å². The van der Waals surface area contributed by atoms with Crippen LogP contribution in [0.4, 0.5) is 0 Å². The number of rotatable bonds is 6. The van der Waals surface area contributed by atoms with Gasteiger partial charge >= 0.3 is 0 Å². The van der Waals surface area contributed by atoms with E-state index in [1.807, 2.05) is 0 Å². The molecule has 20 heavy (non-hydrogen) atoms. The van der Waals surface area contributed by atoms with Gasteiger partial charge in [0.05, 0.1) is 0 Å². The zero-order valence-electron chi connectivity index (χ0n) is 12.3. The largest absolute Gasteiger partial charge is 0.310 e. The molecule has 1 aromatic carbocycles. The maximum atomic E-state index is 3.66. The molecule has 0 aliphatic carbocycles. The Morgan fingerprint density at radius 2 is 1.90 bits per heavy atom. The summed E-state index contributed by atoms with van der Waals surface area (Å²) < 4.78 is 2.28. The molecule has 0 amide bonds. The second-order valence-corrected chi connectivity index (χ2v) is 7.68. The smallest absolute Gasteiger partial charge is 0.0303 e. The summed E-state index contributed by atoms with van der Waals surface area (Å²) in [4.78, 5) is 2.59. The second kappa shape index (κ2) is 7.92. The van der Waals surface area contributed by atoms with Gasteiger partial charge in [0.25, 0.3) is 0 Å². The number of nitrogens with zero attached hydrogens (tertiary/aromatic N) is 1.